The van der Waals surface area contributed by atoms with Gasteiger partial charge in [0.25, 0.3) is 0 Å². The minimum atomic E-state index is 0.505. The summed E-state index contributed by atoms with van der Waals surface area (Å²) in [6.07, 6.45) is 6.71. The van der Waals surface area contributed by atoms with Crippen LogP contribution in [0.1, 0.15) is 24.5 Å². The Bertz CT molecular complexity index is 1370. The first-order valence-electron chi connectivity index (χ1n) is 10.7. The number of rotatable bonds is 8. The summed E-state index contributed by atoms with van der Waals surface area (Å²) in [6.45, 7) is 4.44. The maximum atomic E-state index is 5.32. The summed E-state index contributed by atoms with van der Waals surface area (Å²) in [5.41, 5.74) is 7.48. The highest BCUT2D eigenvalue weighted by Crippen LogP contribution is 2.30. The lowest BCUT2D eigenvalue weighted by atomic mass is 10.1. The van der Waals surface area contributed by atoms with Crippen molar-refractivity contribution in [1.29, 1.82) is 0 Å². The van der Waals surface area contributed by atoms with Gasteiger partial charge in [0.2, 0.25) is 0 Å². The second kappa shape index (κ2) is 8.86. The Morgan fingerprint density at radius 3 is 2.88 bits per heavy atom. The van der Waals surface area contributed by atoms with Crippen molar-refractivity contribution >= 4 is 22.1 Å². The van der Waals surface area contributed by atoms with Gasteiger partial charge in [-0.15, -0.1) is 0 Å². The fourth-order valence-corrected chi connectivity index (χ4v) is 3.87. The lowest BCUT2D eigenvalue weighted by molar-refractivity contribution is 0.186. The Kier molecular flexibility index (Phi) is 5.62. The molecule has 0 saturated heterocycles. The van der Waals surface area contributed by atoms with Crippen LogP contribution in [0, 0.1) is 0 Å². The summed E-state index contributed by atoms with van der Waals surface area (Å²) in [7, 11) is 1.69. The number of hydrogen-bond acceptors (Lipinski definition) is 6. The molecule has 0 bridgehead atoms. The topological polar surface area (TPSA) is 104 Å². The molecule has 4 aromatic heterocycles. The average Bonchev–Trinajstić information content (AvgIpc) is 3.44. The molecule has 0 radical (unpaired) electrons. The Morgan fingerprint density at radius 2 is 2.00 bits per heavy atom. The number of aromatic nitrogens is 6. The van der Waals surface area contributed by atoms with Crippen LogP contribution < -0.4 is 5.32 Å². The molecule has 0 saturated carbocycles. The van der Waals surface area contributed by atoms with Crippen LogP contribution in [0.4, 0.5) is 0 Å². The van der Waals surface area contributed by atoms with Gasteiger partial charge in [-0.1, -0.05) is 19.1 Å². The molecule has 32 heavy (non-hydrogen) atoms. The maximum Gasteiger partial charge on any atom is 0.159 e. The van der Waals surface area contributed by atoms with Crippen LogP contribution in [0.2, 0.25) is 0 Å². The lowest BCUT2D eigenvalue weighted by Gasteiger charge is -2.06. The molecule has 8 heteroatoms. The number of ether oxygens (including phenoxy) is 1. The number of methoxy groups -OCH3 is 1. The van der Waals surface area contributed by atoms with Gasteiger partial charge >= 0.3 is 0 Å². The van der Waals surface area contributed by atoms with Crippen molar-refractivity contribution in [3.63, 3.8) is 0 Å². The summed E-state index contributed by atoms with van der Waals surface area (Å²) < 4.78 is 5.32. The third-order valence-corrected chi connectivity index (χ3v) is 5.42. The van der Waals surface area contributed by atoms with E-state index in [1.165, 1.54) is 0 Å². The van der Waals surface area contributed by atoms with Crippen LogP contribution in [0.25, 0.3) is 44.7 Å². The molecule has 3 N–H and O–H groups in total. The van der Waals surface area contributed by atoms with Gasteiger partial charge in [0.1, 0.15) is 5.69 Å². The monoisotopic (exact) mass is 427 g/mol. The fourth-order valence-electron chi connectivity index (χ4n) is 3.87. The van der Waals surface area contributed by atoms with Crippen LogP contribution >= 0.6 is 0 Å². The zero-order valence-corrected chi connectivity index (χ0v) is 18.1. The van der Waals surface area contributed by atoms with Gasteiger partial charge < -0.3 is 15.0 Å². The number of imidazole rings is 1. The normalized spacial score (nSPS) is 11.6. The van der Waals surface area contributed by atoms with Gasteiger partial charge in [-0.05, 0) is 36.7 Å². The van der Waals surface area contributed by atoms with Gasteiger partial charge in [0.15, 0.2) is 11.5 Å². The number of aromatic amines is 2. The van der Waals surface area contributed by atoms with Gasteiger partial charge in [0, 0.05) is 48.9 Å². The lowest BCUT2D eigenvalue weighted by Crippen LogP contribution is -2.13. The summed E-state index contributed by atoms with van der Waals surface area (Å²) in [5.74, 6) is 0.699. The van der Waals surface area contributed by atoms with Crippen molar-refractivity contribution in [2.45, 2.75) is 26.5 Å². The van der Waals surface area contributed by atoms with Crippen LogP contribution in [0.3, 0.4) is 0 Å². The number of benzene rings is 1. The van der Waals surface area contributed by atoms with Crippen molar-refractivity contribution in [2.24, 2.45) is 0 Å². The van der Waals surface area contributed by atoms with E-state index in [2.05, 4.69) is 49.5 Å². The van der Waals surface area contributed by atoms with E-state index in [1.54, 1.807) is 7.11 Å². The highest BCUT2D eigenvalue weighted by atomic mass is 16.5. The first kappa shape index (κ1) is 20.3. The van der Waals surface area contributed by atoms with E-state index in [1.807, 2.05) is 36.8 Å². The molecule has 0 spiro atoms. The Hall–Kier alpha value is -3.62. The Morgan fingerprint density at radius 1 is 1.09 bits per heavy atom. The van der Waals surface area contributed by atoms with Gasteiger partial charge in [-0.25, -0.2) is 9.97 Å². The summed E-state index contributed by atoms with van der Waals surface area (Å²) in [5, 5.41) is 11.9. The third-order valence-electron chi connectivity index (χ3n) is 5.42. The summed E-state index contributed by atoms with van der Waals surface area (Å²) in [4.78, 5) is 17.2. The number of fused-ring (bicyclic) bond motifs is 2. The molecule has 5 rings (SSSR count). The molecular weight excluding hydrogens is 402 g/mol. The van der Waals surface area contributed by atoms with E-state index in [0.717, 1.165) is 69.5 Å². The van der Waals surface area contributed by atoms with E-state index >= 15 is 0 Å². The molecule has 0 atom stereocenters. The van der Waals surface area contributed by atoms with Gasteiger partial charge in [-0.2, -0.15) is 5.10 Å². The molecule has 4 heterocycles. The number of nitrogens with one attached hydrogen (secondary N) is 3. The number of nitrogens with zero attached hydrogens (tertiary/aromatic N) is 4. The van der Waals surface area contributed by atoms with Crippen LogP contribution in [-0.4, -0.2) is 43.8 Å². The van der Waals surface area contributed by atoms with Gasteiger partial charge in [0.05, 0.1) is 23.0 Å². The van der Waals surface area contributed by atoms with Gasteiger partial charge in [-0.3, -0.25) is 10.1 Å². The Labute approximate surface area is 185 Å². The molecule has 162 valence electrons. The maximum absolute atomic E-state index is 5.32. The molecule has 0 unspecified atom stereocenters. The first-order chi connectivity index (χ1) is 15.8. The Balaban J connectivity index is 1.53. The highest BCUT2D eigenvalue weighted by molar-refractivity contribution is 5.93. The summed E-state index contributed by atoms with van der Waals surface area (Å²) in [6, 6.07) is 10.3. The minimum Gasteiger partial charge on any atom is -0.380 e. The molecule has 5 aromatic rings. The van der Waals surface area contributed by atoms with Crippen LogP contribution in [-0.2, 0) is 17.9 Å². The quantitative estimate of drug-likeness (QED) is 0.321. The van der Waals surface area contributed by atoms with E-state index < -0.39 is 0 Å². The molecule has 0 aliphatic heterocycles. The zero-order chi connectivity index (χ0) is 21.9. The van der Waals surface area contributed by atoms with E-state index in [0.29, 0.717) is 12.4 Å². The smallest absolute Gasteiger partial charge is 0.159 e. The molecule has 0 amide bonds. The van der Waals surface area contributed by atoms with E-state index in [9.17, 15) is 0 Å². The molecular formula is C24H25N7O. The van der Waals surface area contributed by atoms with Crippen LogP contribution in [0.15, 0.2) is 48.9 Å². The molecule has 0 fully saturated rings. The van der Waals surface area contributed by atoms with Crippen molar-refractivity contribution < 1.29 is 4.74 Å². The number of H-pyrrole nitrogens is 2. The van der Waals surface area contributed by atoms with E-state index in [-0.39, 0.29) is 0 Å². The molecule has 8 nitrogen and oxygen atoms in total. The SMILES string of the molecule is CCCNCc1cncc(-c2cnc3[nH]nc(-c4nc5c(COC)cccc5[nH]4)c3c2)c1. The molecule has 0 aliphatic carbocycles. The average molecular weight is 428 g/mol. The van der Waals surface area contributed by atoms with E-state index in [4.69, 9.17) is 9.72 Å². The molecule has 0 aliphatic rings. The predicted octanol–water partition coefficient (Wildman–Crippen LogP) is 4.21. The number of hydrogen-bond donors (Lipinski definition) is 3. The standard InChI is InChI=1S/C24H25N7O/c1-3-7-25-10-15-8-17(12-26-11-15)18-9-19-22(30-31-23(19)27-13-18)24-28-20-6-4-5-16(14-32-2)21(20)29-24/h4-6,8-9,11-13,25H,3,7,10,14H2,1-2H3,(H,28,29)(H,27,30,31). The largest absolute Gasteiger partial charge is 0.380 e. The third kappa shape index (κ3) is 3.86. The van der Waals surface area contributed by atoms with Crippen molar-refractivity contribution in [1.82, 2.24) is 35.5 Å². The number of para-hydroxylation sites is 1. The summed E-state index contributed by atoms with van der Waals surface area (Å²) >= 11 is 0. The highest BCUT2D eigenvalue weighted by Gasteiger charge is 2.16. The van der Waals surface area contributed by atoms with Crippen LogP contribution in [0.5, 0.6) is 0 Å². The second-order valence-corrected chi connectivity index (χ2v) is 7.78. The second-order valence-electron chi connectivity index (χ2n) is 7.78. The minimum absolute atomic E-state index is 0.505. The fraction of sp³-hybridized carbons (Fsp3) is 0.250. The molecule has 1 aromatic carbocycles. The van der Waals surface area contributed by atoms with Crippen molar-refractivity contribution in [3.05, 3.63) is 60.0 Å². The predicted molar refractivity (Wildman–Crippen MR) is 125 cm³/mol. The van der Waals surface area contributed by atoms with Crippen molar-refractivity contribution in [2.75, 3.05) is 13.7 Å². The zero-order valence-electron chi connectivity index (χ0n) is 18.1. The first-order valence-corrected chi connectivity index (χ1v) is 10.7. The number of pyridine rings is 2. The van der Waals surface area contributed by atoms with Crippen molar-refractivity contribution in [3.8, 4) is 22.6 Å².